The highest BCUT2D eigenvalue weighted by Gasteiger charge is 2.56. The number of guanidine groups is 1. The van der Waals surface area contributed by atoms with E-state index in [1.807, 2.05) is 54.0 Å². The number of amides is 1. The van der Waals surface area contributed by atoms with Crippen LogP contribution in [0.25, 0.3) is 10.9 Å². The van der Waals surface area contributed by atoms with Gasteiger partial charge in [-0.15, -0.1) is 0 Å². The minimum Gasteiger partial charge on any atom is -0.350 e. The van der Waals surface area contributed by atoms with Crippen molar-refractivity contribution < 1.29 is 4.79 Å². The molecule has 7 fully saturated rings. The van der Waals surface area contributed by atoms with Gasteiger partial charge in [-0.2, -0.15) is 0 Å². The van der Waals surface area contributed by atoms with E-state index in [0.29, 0.717) is 58.1 Å². The zero-order chi connectivity index (χ0) is 34.0. The predicted octanol–water partition coefficient (Wildman–Crippen LogP) is 5.76. The summed E-state index contributed by atoms with van der Waals surface area (Å²) in [4.78, 5) is 42.3. The predicted molar refractivity (Wildman–Crippen MR) is 196 cm³/mol. The Bertz CT molecular complexity index is 1830. The van der Waals surface area contributed by atoms with E-state index in [-0.39, 0.29) is 36.0 Å². The van der Waals surface area contributed by atoms with E-state index in [9.17, 15) is 9.59 Å². The second kappa shape index (κ2) is 12.7. The van der Waals surface area contributed by atoms with Gasteiger partial charge >= 0.3 is 0 Å². The molecular formula is C39H50ClN7O2. The topological polar surface area (TPSA) is 94.9 Å². The summed E-state index contributed by atoms with van der Waals surface area (Å²) in [5, 5.41) is 8.03. The van der Waals surface area contributed by atoms with Crippen molar-refractivity contribution in [2.45, 2.75) is 84.3 Å². The molecule has 10 heteroatoms. The maximum absolute atomic E-state index is 14.3. The normalized spacial score (nSPS) is 32.1. The smallest absolute Gasteiger partial charge is 0.261 e. The number of fused-ring (bicyclic) bond motifs is 6. The monoisotopic (exact) mass is 683 g/mol. The SMILES string of the molecule is C[C@@H]1[C@@H](N=C(Nc2ccc3c(=O)n(CCc4ccc(Cl)cc4)c(C4CN5CCC4CC5)nc3c2)N2CC(=O)N[C@@H](C)C2)C[C@H]2C[C@@H]1C2(C)C. The third-order valence-electron chi connectivity index (χ3n) is 12.9. The minimum absolute atomic E-state index is 0.00964. The average molecular weight is 684 g/mol. The van der Waals surface area contributed by atoms with Gasteiger partial charge in [0.15, 0.2) is 5.96 Å². The van der Waals surface area contributed by atoms with Crippen LogP contribution in [0.2, 0.25) is 5.02 Å². The largest absolute Gasteiger partial charge is 0.350 e. The number of aromatic nitrogens is 2. The van der Waals surface area contributed by atoms with Crippen LogP contribution in [0.1, 0.15) is 70.7 Å². The number of piperazine rings is 1. The molecule has 4 aliphatic heterocycles. The van der Waals surface area contributed by atoms with E-state index < -0.39 is 0 Å². The minimum atomic E-state index is 0.00964. The fourth-order valence-corrected chi connectivity index (χ4v) is 9.96. The highest BCUT2D eigenvalue weighted by atomic mass is 35.5. The molecule has 10 rings (SSSR count). The molecule has 5 heterocycles. The van der Waals surface area contributed by atoms with Crippen LogP contribution in [0, 0.1) is 29.1 Å². The molecule has 2 aromatic carbocycles. The summed E-state index contributed by atoms with van der Waals surface area (Å²) < 4.78 is 1.95. The first-order chi connectivity index (χ1) is 23.5. The van der Waals surface area contributed by atoms with Crippen LogP contribution < -0.4 is 16.2 Å². The van der Waals surface area contributed by atoms with Crippen molar-refractivity contribution in [1.82, 2.24) is 24.7 Å². The Labute approximate surface area is 294 Å². The molecule has 9 nitrogen and oxygen atoms in total. The number of aryl methyl sites for hydroxylation is 1. The molecule has 4 bridgehead atoms. The zero-order valence-corrected chi connectivity index (χ0v) is 30.0. The lowest BCUT2D eigenvalue weighted by Crippen LogP contribution is -2.58. The Hall–Kier alpha value is -3.43. The molecule has 3 aromatic rings. The van der Waals surface area contributed by atoms with Crippen molar-refractivity contribution in [3.05, 3.63) is 69.2 Å². The first-order valence-corrected chi connectivity index (χ1v) is 18.8. The number of hydrogen-bond acceptors (Lipinski definition) is 5. The van der Waals surface area contributed by atoms with Gasteiger partial charge in [-0.05, 0) is 117 Å². The second-order valence-electron chi connectivity index (χ2n) is 16.2. The lowest BCUT2D eigenvalue weighted by molar-refractivity contribution is -0.124. The van der Waals surface area contributed by atoms with Crippen LogP contribution in [-0.4, -0.2) is 76.0 Å². The summed E-state index contributed by atoms with van der Waals surface area (Å²) in [5.41, 5.74) is 3.09. The molecule has 4 saturated heterocycles. The molecule has 3 aliphatic carbocycles. The number of nitrogens with one attached hydrogen (secondary N) is 2. The molecular weight excluding hydrogens is 634 g/mol. The Morgan fingerprint density at radius 2 is 1.84 bits per heavy atom. The third kappa shape index (κ3) is 6.15. The van der Waals surface area contributed by atoms with Crippen molar-refractivity contribution in [2.75, 3.05) is 38.0 Å². The molecule has 0 radical (unpaired) electrons. The van der Waals surface area contributed by atoms with Crippen LogP contribution in [0.3, 0.4) is 0 Å². The Morgan fingerprint density at radius 3 is 2.51 bits per heavy atom. The lowest BCUT2D eigenvalue weighted by Gasteiger charge is -2.61. The summed E-state index contributed by atoms with van der Waals surface area (Å²) in [6, 6.07) is 14.0. The van der Waals surface area contributed by atoms with Crippen LogP contribution in [0.15, 0.2) is 52.3 Å². The Morgan fingerprint density at radius 1 is 1.06 bits per heavy atom. The molecule has 1 amide bonds. The van der Waals surface area contributed by atoms with Crippen molar-refractivity contribution in [2.24, 2.45) is 34.1 Å². The van der Waals surface area contributed by atoms with E-state index in [2.05, 4.69) is 41.2 Å². The van der Waals surface area contributed by atoms with Gasteiger partial charge in [0.05, 0.1) is 23.5 Å². The van der Waals surface area contributed by atoms with Crippen LogP contribution in [0.4, 0.5) is 5.69 Å². The van der Waals surface area contributed by atoms with E-state index in [0.717, 1.165) is 68.4 Å². The molecule has 6 atom stereocenters. The summed E-state index contributed by atoms with van der Waals surface area (Å²) >= 11 is 6.15. The molecule has 0 spiro atoms. The summed E-state index contributed by atoms with van der Waals surface area (Å²) in [7, 11) is 0. The van der Waals surface area contributed by atoms with Gasteiger partial charge < -0.3 is 20.4 Å². The van der Waals surface area contributed by atoms with Gasteiger partial charge in [0, 0.05) is 42.3 Å². The number of aliphatic imine (C=N–C) groups is 1. The number of anilines is 1. The van der Waals surface area contributed by atoms with E-state index in [4.69, 9.17) is 21.6 Å². The zero-order valence-electron chi connectivity index (χ0n) is 29.3. The van der Waals surface area contributed by atoms with Gasteiger partial charge in [-0.1, -0.05) is 44.5 Å². The third-order valence-corrected chi connectivity index (χ3v) is 13.2. The number of carbonyl (C=O) groups is 1. The van der Waals surface area contributed by atoms with Gasteiger partial charge in [-0.25, -0.2) is 9.98 Å². The molecule has 260 valence electrons. The van der Waals surface area contributed by atoms with Gasteiger partial charge in [0.25, 0.3) is 5.56 Å². The number of piperidine rings is 3. The average Bonchev–Trinajstić information content (AvgIpc) is 3.08. The number of benzene rings is 2. The number of nitrogens with zero attached hydrogens (tertiary/aromatic N) is 5. The highest BCUT2D eigenvalue weighted by molar-refractivity contribution is 6.30. The quantitative estimate of drug-likeness (QED) is 0.254. The van der Waals surface area contributed by atoms with Crippen molar-refractivity contribution in [1.29, 1.82) is 0 Å². The second-order valence-corrected chi connectivity index (χ2v) is 16.7. The van der Waals surface area contributed by atoms with E-state index in [1.165, 1.54) is 6.42 Å². The summed E-state index contributed by atoms with van der Waals surface area (Å²) in [6.45, 7) is 14.0. The first kappa shape index (κ1) is 32.8. The first-order valence-electron chi connectivity index (χ1n) is 18.4. The fraction of sp³-hybridized carbons (Fsp3) is 0.590. The number of rotatable bonds is 6. The maximum Gasteiger partial charge on any atom is 0.261 e. The van der Waals surface area contributed by atoms with E-state index >= 15 is 0 Å². The molecule has 1 aromatic heterocycles. The Kier molecular flexibility index (Phi) is 8.50. The van der Waals surface area contributed by atoms with Crippen molar-refractivity contribution >= 4 is 40.1 Å². The molecule has 7 aliphatic rings. The highest BCUT2D eigenvalue weighted by Crippen LogP contribution is 2.61. The maximum atomic E-state index is 14.3. The standard InChI is InChI=1S/C39H50ClN7O2/c1-23-20-46(22-35(48)41-23)38(44-33-18-27-17-32(24(33)2)39(27,3)4)42-29-9-10-30-34(19-29)43-36(31-21-45-14-12-26(31)13-15-45)47(37(30)49)16-11-25-5-7-28(40)8-6-25/h5-10,19,23-24,26-27,31-33H,11-18,20-22H2,1-4H3,(H,41,48)(H,42,44)/t23-,24-,27+,31?,32-,33-/m0/s1. The van der Waals surface area contributed by atoms with Crippen molar-refractivity contribution in [3.8, 4) is 0 Å². The van der Waals surface area contributed by atoms with Crippen LogP contribution in [-0.2, 0) is 17.8 Å². The van der Waals surface area contributed by atoms with Crippen LogP contribution >= 0.6 is 11.6 Å². The molecule has 3 saturated carbocycles. The molecule has 2 N–H and O–H groups in total. The van der Waals surface area contributed by atoms with Gasteiger partial charge in [0.1, 0.15) is 5.82 Å². The fourth-order valence-electron chi connectivity index (χ4n) is 9.83. The van der Waals surface area contributed by atoms with Gasteiger partial charge in [-0.3, -0.25) is 14.2 Å². The number of halogens is 1. The van der Waals surface area contributed by atoms with Crippen molar-refractivity contribution in [3.63, 3.8) is 0 Å². The lowest BCUT2D eigenvalue weighted by atomic mass is 9.45. The van der Waals surface area contributed by atoms with Gasteiger partial charge in [0.2, 0.25) is 5.91 Å². The number of carbonyl (C=O) groups excluding carboxylic acids is 1. The summed E-state index contributed by atoms with van der Waals surface area (Å²) in [6.07, 6.45) is 5.40. The number of hydrogen-bond donors (Lipinski definition) is 2. The summed E-state index contributed by atoms with van der Waals surface area (Å²) in [5.74, 6) is 4.26. The molecule has 1 unspecified atom stereocenters. The van der Waals surface area contributed by atoms with E-state index in [1.54, 1.807) is 0 Å². The molecule has 49 heavy (non-hydrogen) atoms. The van der Waals surface area contributed by atoms with Crippen LogP contribution in [0.5, 0.6) is 0 Å². The Balaban J connectivity index is 1.14.